The van der Waals surface area contributed by atoms with Gasteiger partial charge in [0, 0.05) is 43.8 Å². The minimum Gasteiger partial charge on any atom is -0.469 e. The normalized spacial score (nSPS) is 17.5. The first-order valence-electron chi connectivity index (χ1n) is 25.4. The molecule has 1 unspecified atom stereocenters. The summed E-state index contributed by atoms with van der Waals surface area (Å²) in [7, 11) is -1.75. The molecular formula is C59H64N8O8S. The molecule has 16 nitrogen and oxygen atoms in total. The molecular weight excluding hydrogens is 981 g/mol. The molecule has 0 aliphatic carbocycles. The number of carbonyl (C=O) groups is 4. The van der Waals surface area contributed by atoms with Gasteiger partial charge < -0.3 is 24.1 Å². The van der Waals surface area contributed by atoms with E-state index in [0.29, 0.717) is 61.3 Å². The van der Waals surface area contributed by atoms with Crippen LogP contribution in [0.15, 0.2) is 103 Å². The van der Waals surface area contributed by atoms with Gasteiger partial charge in [-0.1, -0.05) is 132 Å². The number of hydrogen-bond donors (Lipinski definition) is 1. The van der Waals surface area contributed by atoms with Gasteiger partial charge in [0.15, 0.2) is 45.0 Å². The fraction of sp³-hybridized carbons (Fsp3) is 0.373. The zero-order chi connectivity index (χ0) is 54.8. The van der Waals surface area contributed by atoms with Crippen molar-refractivity contribution < 1.29 is 37.6 Å². The van der Waals surface area contributed by atoms with Crippen LogP contribution < -0.4 is 16.7 Å². The van der Waals surface area contributed by atoms with E-state index in [-0.39, 0.29) is 67.9 Å². The van der Waals surface area contributed by atoms with Crippen molar-refractivity contribution in [2.45, 2.75) is 130 Å². The van der Waals surface area contributed by atoms with E-state index in [2.05, 4.69) is 101 Å². The Balaban J connectivity index is 1.49. The number of nitrogens with zero attached hydrogens (tertiary/aromatic N) is 7. The average Bonchev–Trinajstić information content (AvgIpc) is 4.08. The molecule has 2 aromatic heterocycles. The SMILES string of the molecule is COC(=O)CCC(=O)OC1=C2N=C(N=c3c4ccc(C(C)(C)C)cc4c4n3S1(OC(=O)CCC(=O)OC)n1c(N)c3cc(C(C)(C)C)ccc3c1N=C1N=C(N=4)c3ccc(C(C)(C)C)cc31)c1cc(C(C)(C)C)ccc12. The van der Waals surface area contributed by atoms with Gasteiger partial charge in [-0.2, -0.15) is 0 Å². The van der Waals surface area contributed by atoms with Crippen LogP contribution >= 0.6 is 10.7 Å². The molecule has 0 radical (unpaired) electrons. The van der Waals surface area contributed by atoms with Crippen molar-refractivity contribution in [2.24, 2.45) is 25.0 Å². The van der Waals surface area contributed by atoms with Crippen LogP contribution in [0.2, 0.25) is 0 Å². The number of carbonyl (C=O) groups excluding carboxylic acids is 4. The number of anilines is 1. The molecule has 4 aromatic carbocycles. The molecule has 4 bridgehead atoms. The number of ether oxygens (including phenoxy) is 3. The summed E-state index contributed by atoms with van der Waals surface area (Å²) < 4.78 is 27.5. The molecule has 0 fully saturated rings. The van der Waals surface area contributed by atoms with E-state index in [9.17, 15) is 14.4 Å². The summed E-state index contributed by atoms with van der Waals surface area (Å²) in [6.07, 6.45) is -1.60. The van der Waals surface area contributed by atoms with Crippen molar-refractivity contribution in [3.8, 4) is 0 Å². The second-order valence-corrected chi connectivity index (χ2v) is 26.0. The molecule has 0 saturated heterocycles. The van der Waals surface area contributed by atoms with Crippen LogP contribution in [0.5, 0.6) is 0 Å². The maximum absolute atomic E-state index is 15.4. The minimum atomic E-state index is -4.23. The first kappa shape index (κ1) is 51.8. The summed E-state index contributed by atoms with van der Waals surface area (Å²) in [4.78, 5) is 83.2. The number of fused-ring (bicyclic) bond motifs is 15. The second kappa shape index (κ2) is 18.0. The first-order valence-corrected chi connectivity index (χ1v) is 26.9. The zero-order valence-electron chi connectivity index (χ0n) is 45.6. The number of methoxy groups -OCH3 is 2. The molecule has 6 heterocycles. The summed E-state index contributed by atoms with van der Waals surface area (Å²) in [6.45, 7) is 25.4. The fourth-order valence-electron chi connectivity index (χ4n) is 9.74. The third kappa shape index (κ3) is 8.61. The maximum Gasteiger partial charge on any atom is 0.320 e. The lowest BCUT2D eigenvalue weighted by Gasteiger charge is -2.42. The van der Waals surface area contributed by atoms with Crippen LogP contribution in [-0.4, -0.2) is 63.5 Å². The predicted octanol–water partition coefficient (Wildman–Crippen LogP) is 10.5. The molecule has 0 amide bonds. The third-order valence-electron chi connectivity index (χ3n) is 14.2. The van der Waals surface area contributed by atoms with Gasteiger partial charge in [-0.25, -0.2) is 32.9 Å². The lowest BCUT2D eigenvalue weighted by Crippen LogP contribution is -2.40. The smallest absolute Gasteiger partial charge is 0.320 e. The Morgan fingerprint density at radius 2 is 0.921 bits per heavy atom. The number of esters is 3. The van der Waals surface area contributed by atoms with Crippen molar-refractivity contribution in [2.75, 3.05) is 20.0 Å². The lowest BCUT2D eigenvalue weighted by atomic mass is 9.85. The molecule has 4 aliphatic heterocycles. The van der Waals surface area contributed by atoms with Crippen molar-refractivity contribution in [1.29, 1.82) is 0 Å². The van der Waals surface area contributed by atoms with E-state index in [1.807, 2.05) is 54.6 Å². The monoisotopic (exact) mass is 1040 g/mol. The minimum absolute atomic E-state index is 0.0856. The highest BCUT2D eigenvalue weighted by Crippen LogP contribution is 2.66. The molecule has 1 atom stereocenters. The summed E-state index contributed by atoms with van der Waals surface area (Å²) in [5.74, 6) is -1.83. The standard InChI is InChI=1S/C59H64N8O8S/c1-56(2,3)31-17-21-37-39(27-31)48(60)66-52(37)65-51-41-29-33(58(7,8)9)16-20-36(41)49(62-51)63-54-42-30-34(59(10,11)12)18-22-38(42)53-64-50-40-28-32(57(4,5)6)15-19-35(40)47(61-50)55(74-45(70)25-23-43(68)72-13)76(66,67(53)54)75-46(71)26-24-44(69)73-14/h15-22,27-30H,23-26,60H2,1-14H3. The molecule has 0 saturated carbocycles. The number of rotatable bonds is 8. The van der Waals surface area contributed by atoms with E-state index in [0.717, 1.165) is 22.3 Å². The van der Waals surface area contributed by atoms with Gasteiger partial charge in [-0.05, 0) is 68.2 Å². The van der Waals surface area contributed by atoms with Crippen LogP contribution in [0.1, 0.15) is 153 Å². The van der Waals surface area contributed by atoms with Crippen LogP contribution in [0.3, 0.4) is 0 Å². The van der Waals surface area contributed by atoms with Gasteiger partial charge in [0.05, 0.1) is 39.9 Å². The number of aliphatic imine (C=N–C) groups is 3. The zero-order valence-corrected chi connectivity index (χ0v) is 46.5. The maximum atomic E-state index is 15.4. The van der Waals surface area contributed by atoms with Crippen molar-refractivity contribution >= 4 is 90.9 Å². The topological polar surface area (TPSA) is 203 Å². The molecule has 4 aliphatic rings. The summed E-state index contributed by atoms with van der Waals surface area (Å²) in [5.41, 5.74) is 13.5. The quantitative estimate of drug-likeness (QED) is 0.114. The highest BCUT2D eigenvalue weighted by Gasteiger charge is 2.51. The van der Waals surface area contributed by atoms with E-state index < -0.39 is 47.4 Å². The first-order chi connectivity index (χ1) is 35.6. The van der Waals surface area contributed by atoms with E-state index in [1.165, 1.54) is 14.2 Å². The largest absolute Gasteiger partial charge is 0.469 e. The third-order valence-corrected chi connectivity index (χ3v) is 17.1. The molecule has 76 heavy (non-hydrogen) atoms. The summed E-state index contributed by atoms with van der Waals surface area (Å²) in [6, 6.07) is 24.1. The summed E-state index contributed by atoms with van der Waals surface area (Å²) in [5, 5.41) is 2.07. The molecule has 2 N–H and O–H groups in total. The molecule has 0 spiro atoms. The molecule has 17 heteroatoms. The second-order valence-electron chi connectivity index (χ2n) is 23.7. The Morgan fingerprint density at radius 1 is 0.474 bits per heavy atom. The Hall–Kier alpha value is -7.66. The van der Waals surface area contributed by atoms with Crippen LogP contribution in [0.4, 0.5) is 11.6 Å². The number of aromatic nitrogens is 2. The van der Waals surface area contributed by atoms with Crippen LogP contribution in [0, 0.1) is 0 Å². The van der Waals surface area contributed by atoms with Crippen molar-refractivity contribution in [3.05, 3.63) is 133 Å². The average molecular weight is 1050 g/mol. The number of nitrogens with two attached hydrogens (primary N) is 1. The Bertz CT molecular complexity index is 3830. The lowest BCUT2D eigenvalue weighted by molar-refractivity contribution is -0.146. The molecule has 10 rings (SSSR count). The fourth-order valence-corrected chi connectivity index (χ4v) is 12.9. The van der Waals surface area contributed by atoms with E-state index >= 15 is 4.79 Å². The van der Waals surface area contributed by atoms with Crippen molar-refractivity contribution in [3.63, 3.8) is 0 Å². The Kier molecular flexibility index (Phi) is 12.3. The number of nitrogen functional groups attached to an aromatic ring is 1. The highest BCUT2D eigenvalue weighted by atomic mass is 32.3. The van der Waals surface area contributed by atoms with E-state index in [4.69, 9.17) is 49.1 Å². The van der Waals surface area contributed by atoms with Gasteiger partial charge in [-0.15, -0.1) is 0 Å². The molecule has 394 valence electrons. The van der Waals surface area contributed by atoms with Crippen LogP contribution in [0.25, 0.3) is 27.2 Å². The van der Waals surface area contributed by atoms with Gasteiger partial charge >= 0.3 is 23.9 Å². The van der Waals surface area contributed by atoms with Crippen LogP contribution in [-0.2, 0) is 59.2 Å². The van der Waals surface area contributed by atoms with Gasteiger partial charge in [-0.3, -0.25) is 19.2 Å². The van der Waals surface area contributed by atoms with Gasteiger partial charge in [0.1, 0.15) is 11.5 Å². The Labute approximate surface area is 443 Å². The van der Waals surface area contributed by atoms with Crippen molar-refractivity contribution in [1.82, 2.24) is 7.94 Å². The number of benzene rings is 4. The van der Waals surface area contributed by atoms with E-state index in [1.54, 1.807) is 7.94 Å². The van der Waals surface area contributed by atoms with Gasteiger partial charge in [0.25, 0.3) is 0 Å². The highest BCUT2D eigenvalue weighted by molar-refractivity contribution is 8.31. The number of hydrogen-bond acceptors (Lipinski definition) is 14. The number of amidine groups is 3. The van der Waals surface area contributed by atoms with Gasteiger partial charge in [0.2, 0.25) is 5.09 Å². The summed E-state index contributed by atoms with van der Waals surface area (Å²) >= 11 is 0. The molecule has 6 aromatic rings. The Morgan fingerprint density at radius 3 is 1.49 bits per heavy atom. The predicted molar refractivity (Wildman–Crippen MR) is 298 cm³/mol.